The number of aryl methyl sites for hydroxylation is 3. The number of nitrogens with two attached hydrogens (primary N) is 1. The molecule has 0 amide bonds. The molecule has 1 aromatic heterocycles. The fourth-order valence-electron chi connectivity index (χ4n) is 6.53. The summed E-state index contributed by atoms with van der Waals surface area (Å²) >= 11 is 0. The molecule has 2 aromatic carbocycles. The SMILES string of the molecule is CCc1ccc(N)c(CC)c1-c1cc(OC2CCCC2)c(CN(C)[C@H]2CCCc3ccccc32)c(C)n1. The van der Waals surface area contributed by atoms with Crippen molar-refractivity contribution in [1.29, 1.82) is 0 Å². The van der Waals surface area contributed by atoms with Crippen LogP contribution in [-0.4, -0.2) is 23.0 Å². The van der Waals surface area contributed by atoms with Crippen LogP contribution in [0.4, 0.5) is 5.69 Å². The van der Waals surface area contributed by atoms with E-state index in [1.54, 1.807) is 0 Å². The number of fused-ring (bicyclic) bond motifs is 1. The molecule has 1 fully saturated rings. The van der Waals surface area contributed by atoms with Gasteiger partial charge in [0.2, 0.25) is 0 Å². The Balaban J connectivity index is 1.55. The molecule has 5 rings (SSSR count). The molecule has 2 N–H and O–H groups in total. The lowest BCUT2D eigenvalue weighted by Crippen LogP contribution is -2.28. The molecule has 1 atom stereocenters. The van der Waals surface area contributed by atoms with Crippen molar-refractivity contribution in [2.24, 2.45) is 0 Å². The minimum Gasteiger partial charge on any atom is -0.490 e. The van der Waals surface area contributed by atoms with Gasteiger partial charge in [0, 0.05) is 41.2 Å². The summed E-state index contributed by atoms with van der Waals surface area (Å²) in [4.78, 5) is 7.73. The molecule has 0 unspecified atom stereocenters. The van der Waals surface area contributed by atoms with Crippen LogP contribution in [0.3, 0.4) is 0 Å². The van der Waals surface area contributed by atoms with Crippen LogP contribution >= 0.6 is 0 Å². The smallest absolute Gasteiger partial charge is 0.128 e. The van der Waals surface area contributed by atoms with Gasteiger partial charge in [0.15, 0.2) is 0 Å². The van der Waals surface area contributed by atoms with Gasteiger partial charge in [0.25, 0.3) is 0 Å². The number of anilines is 1. The maximum Gasteiger partial charge on any atom is 0.128 e. The summed E-state index contributed by atoms with van der Waals surface area (Å²) in [6.07, 6.45) is 10.5. The Morgan fingerprint density at radius 2 is 1.76 bits per heavy atom. The Bertz CT molecular complexity index is 1240. The second-order valence-corrected chi connectivity index (χ2v) is 11.0. The van der Waals surface area contributed by atoms with Gasteiger partial charge in [-0.25, -0.2) is 0 Å². The maximum atomic E-state index is 6.79. The summed E-state index contributed by atoms with van der Waals surface area (Å²) in [7, 11) is 2.27. The number of benzene rings is 2. The van der Waals surface area contributed by atoms with Crippen LogP contribution in [0.5, 0.6) is 5.75 Å². The molecule has 1 heterocycles. The van der Waals surface area contributed by atoms with Crippen molar-refractivity contribution in [2.45, 2.75) is 97.2 Å². The highest BCUT2D eigenvalue weighted by Crippen LogP contribution is 2.39. The summed E-state index contributed by atoms with van der Waals surface area (Å²) < 4.78 is 6.79. The molecule has 4 nitrogen and oxygen atoms in total. The van der Waals surface area contributed by atoms with Gasteiger partial charge in [-0.3, -0.25) is 9.88 Å². The molecule has 3 aromatic rings. The van der Waals surface area contributed by atoms with E-state index in [4.69, 9.17) is 15.5 Å². The molecule has 4 heteroatoms. The fourth-order valence-corrected chi connectivity index (χ4v) is 6.53. The molecular formula is C33H43N3O. The molecule has 2 aliphatic carbocycles. The van der Waals surface area contributed by atoms with E-state index in [1.165, 1.54) is 65.5 Å². The lowest BCUT2D eigenvalue weighted by Gasteiger charge is -2.34. The summed E-state index contributed by atoms with van der Waals surface area (Å²) in [5.74, 6) is 1.01. The van der Waals surface area contributed by atoms with Crippen LogP contribution < -0.4 is 10.5 Å². The van der Waals surface area contributed by atoms with Crippen LogP contribution in [0, 0.1) is 6.92 Å². The van der Waals surface area contributed by atoms with Gasteiger partial charge < -0.3 is 10.5 Å². The Morgan fingerprint density at radius 3 is 2.51 bits per heavy atom. The zero-order valence-electron chi connectivity index (χ0n) is 23.1. The molecule has 1 saturated carbocycles. The molecule has 0 spiro atoms. The maximum absolute atomic E-state index is 6.79. The molecule has 2 aliphatic rings. The third-order valence-electron chi connectivity index (χ3n) is 8.59. The first-order chi connectivity index (χ1) is 18.0. The normalized spacial score (nSPS) is 17.8. The molecule has 0 aliphatic heterocycles. The van der Waals surface area contributed by atoms with E-state index in [9.17, 15) is 0 Å². The first-order valence-corrected chi connectivity index (χ1v) is 14.4. The van der Waals surface area contributed by atoms with Gasteiger partial charge in [0.05, 0.1) is 11.8 Å². The first-order valence-electron chi connectivity index (χ1n) is 14.4. The van der Waals surface area contributed by atoms with Gasteiger partial charge in [-0.1, -0.05) is 44.2 Å². The van der Waals surface area contributed by atoms with E-state index in [-0.39, 0.29) is 0 Å². The molecular weight excluding hydrogens is 454 g/mol. The van der Waals surface area contributed by atoms with Gasteiger partial charge in [-0.15, -0.1) is 0 Å². The van der Waals surface area contributed by atoms with E-state index in [1.807, 2.05) is 0 Å². The molecule has 37 heavy (non-hydrogen) atoms. The molecule has 0 radical (unpaired) electrons. The average molecular weight is 498 g/mol. The van der Waals surface area contributed by atoms with Crippen molar-refractivity contribution in [3.05, 3.63) is 76.0 Å². The van der Waals surface area contributed by atoms with Crippen molar-refractivity contribution in [2.75, 3.05) is 12.8 Å². The minimum absolute atomic E-state index is 0.297. The second-order valence-electron chi connectivity index (χ2n) is 11.0. The van der Waals surface area contributed by atoms with Gasteiger partial charge >= 0.3 is 0 Å². The van der Waals surface area contributed by atoms with E-state index in [0.29, 0.717) is 12.1 Å². The Labute approximate surface area is 223 Å². The minimum atomic E-state index is 0.297. The van der Waals surface area contributed by atoms with Crippen molar-refractivity contribution in [3.63, 3.8) is 0 Å². The number of nitrogens with zero attached hydrogens (tertiary/aromatic N) is 2. The number of ether oxygens (including phenoxy) is 1. The van der Waals surface area contributed by atoms with Crippen LogP contribution in [0.15, 0.2) is 42.5 Å². The lowest BCUT2D eigenvalue weighted by atomic mass is 9.87. The Morgan fingerprint density at radius 1 is 0.973 bits per heavy atom. The van der Waals surface area contributed by atoms with Crippen molar-refractivity contribution in [1.82, 2.24) is 9.88 Å². The highest BCUT2D eigenvalue weighted by molar-refractivity contribution is 5.75. The summed E-state index contributed by atoms with van der Waals surface area (Å²) in [5.41, 5.74) is 17.3. The zero-order valence-corrected chi connectivity index (χ0v) is 23.1. The van der Waals surface area contributed by atoms with Crippen LogP contribution in [0.2, 0.25) is 0 Å². The Kier molecular flexibility index (Phi) is 7.85. The van der Waals surface area contributed by atoms with Gasteiger partial charge in [-0.2, -0.15) is 0 Å². The number of pyridine rings is 1. The van der Waals surface area contributed by atoms with E-state index >= 15 is 0 Å². The third-order valence-corrected chi connectivity index (χ3v) is 8.59. The number of hydrogen-bond donors (Lipinski definition) is 1. The largest absolute Gasteiger partial charge is 0.490 e. The van der Waals surface area contributed by atoms with Crippen molar-refractivity contribution in [3.8, 4) is 17.0 Å². The van der Waals surface area contributed by atoms with Gasteiger partial charge in [-0.05, 0) is 100 Å². The molecule has 0 saturated heterocycles. The van der Waals surface area contributed by atoms with E-state index < -0.39 is 0 Å². The summed E-state index contributed by atoms with van der Waals surface area (Å²) in [5, 5.41) is 0. The standard InChI is InChI=1S/C33H43N3O/c1-5-23-18-19-29(34)26(6-2)33(23)30-20-32(37-25-14-8-9-15-25)28(22(3)35-30)21-36(4)31-17-11-13-24-12-7-10-16-27(24)31/h7,10,12,16,18-20,25,31H,5-6,8-9,11,13-15,17,21,34H2,1-4H3/t31-/m0/s1. The van der Waals surface area contributed by atoms with E-state index in [0.717, 1.165) is 55.1 Å². The van der Waals surface area contributed by atoms with E-state index in [2.05, 4.69) is 75.2 Å². The van der Waals surface area contributed by atoms with Crippen molar-refractivity contribution < 1.29 is 4.74 Å². The predicted molar refractivity (Wildman–Crippen MR) is 154 cm³/mol. The van der Waals surface area contributed by atoms with Crippen molar-refractivity contribution >= 4 is 5.69 Å². The van der Waals surface area contributed by atoms with Gasteiger partial charge in [0.1, 0.15) is 5.75 Å². The quantitative estimate of drug-likeness (QED) is 0.326. The number of rotatable bonds is 8. The average Bonchev–Trinajstić information content (AvgIpc) is 3.43. The zero-order chi connectivity index (χ0) is 25.9. The third kappa shape index (κ3) is 5.27. The van der Waals surface area contributed by atoms with Crippen LogP contribution in [0.25, 0.3) is 11.3 Å². The van der Waals surface area contributed by atoms with Crippen LogP contribution in [-0.2, 0) is 25.8 Å². The molecule has 0 bridgehead atoms. The Hall–Kier alpha value is -2.85. The monoisotopic (exact) mass is 497 g/mol. The first kappa shape index (κ1) is 25.8. The highest BCUT2D eigenvalue weighted by Gasteiger charge is 2.27. The highest BCUT2D eigenvalue weighted by atomic mass is 16.5. The molecule has 196 valence electrons. The summed E-state index contributed by atoms with van der Waals surface area (Å²) in [6, 6.07) is 15.8. The fraction of sp³-hybridized carbons (Fsp3) is 0.485. The number of nitrogen functional groups attached to an aromatic ring is 1. The lowest BCUT2D eigenvalue weighted by molar-refractivity contribution is 0.189. The summed E-state index contributed by atoms with van der Waals surface area (Å²) in [6.45, 7) is 7.39. The second kappa shape index (κ2) is 11.3. The predicted octanol–water partition coefficient (Wildman–Crippen LogP) is 7.59. The number of hydrogen-bond acceptors (Lipinski definition) is 4. The topological polar surface area (TPSA) is 51.4 Å². The van der Waals surface area contributed by atoms with Crippen LogP contribution in [0.1, 0.15) is 91.9 Å². The number of aromatic nitrogens is 1.